The monoisotopic (exact) mass is 482 g/mol. The normalized spacial score (nSPS) is 18.3. The average Bonchev–Trinajstić information content (AvgIpc) is 3.22. The maximum absolute atomic E-state index is 6.01. The molecule has 0 radical (unpaired) electrons. The molecule has 1 saturated heterocycles. The van der Waals surface area contributed by atoms with E-state index in [1.54, 1.807) is 0 Å². The van der Waals surface area contributed by atoms with E-state index in [4.69, 9.17) is 19.6 Å². The number of nitrogens with zero attached hydrogens (tertiary/aromatic N) is 5. The molecule has 192 valence electrons. The van der Waals surface area contributed by atoms with Gasteiger partial charge in [-0.2, -0.15) is 15.1 Å². The number of hydrazone groups is 1. The highest BCUT2D eigenvalue weighted by Crippen LogP contribution is 2.26. The number of hydrogen-bond donors (Lipinski definition) is 1. The number of rotatable bonds is 13. The lowest BCUT2D eigenvalue weighted by molar-refractivity contribution is 0.0317. The van der Waals surface area contributed by atoms with Gasteiger partial charge in [-0.25, -0.2) is 0 Å². The molecule has 0 spiro atoms. The van der Waals surface area contributed by atoms with Gasteiger partial charge in [0.2, 0.25) is 0 Å². The summed E-state index contributed by atoms with van der Waals surface area (Å²) in [5, 5.41) is 4.70. The Hall–Kier alpha value is -2.71. The van der Waals surface area contributed by atoms with E-state index in [-0.39, 0.29) is 0 Å². The van der Waals surface area contributed by atoms with Gasteiger partial charge in [-0.15, -0.1) is 0 Å². The Bertz CT molecular complexity index is 912. The molecule has 3 rings (SSSR count). The van der Waals surface area contributed by atoms with Crippen molar-refractivity contribution in [2.24, 2.45) is 5.10 Å². The first-order valence-electron chi connectivity index (χ1n) is 13.0. The first-order chi connectivity index (χ1) is 17.1. The summed E-state index contributed by atoms with van der Waals surface area (Å²) in [6, 6.07) is 2.37. The van der Waals surface area contributed by atoms with Crippen molar-refractivity contribution in [1.29, 1.82) is 0 Å². The van der Waals surface area contributed by atoms with Crippen molar-refractivity contribution in [2.75, 3.05) is 62.9 Å². The SMILES string of the molecule is C/C=C\C=C/C1=C(C)C/C(=N\Nc2cc(N(CCC)CCC)nc(OCCN3CCOCC3)n2)C1. The van der Waals surface area contributed by atoms with Crippen LogP contribution in [0.2, 0.25) is 0 Å². The zero-order valence-electron chi connectivity index (χ0n) is 21.9. The Labute approximate surface area is 210 Å². The van der Waals surface area contributed by atoms with Crippen LogP contribution in [0.15, 0.2) is 46.6 Å². The molecule has 1 aromatic rings. The van der Waals surface area contributed by atoms with Gasteiger partial charge in [-0.1, -0.05) is 43.7 Å². The van der Waals surface area contributed by atoms with Crippen LogP contribution in [0.1, 0.15) is 53.4 Å². The second-order valence-electron chi connectivity index (χ2n) is 9.02. The van der Waals surface area contributed by atoms with Crippen molar-refractivity contribution in [2.45, 2.75) is 53.4 Å². The molecule has 0 amide bonds. The topological polar surface area (TPSA) is 75.1 Å². The molecule has 1 aromatic heterocycles. The van der Waals surface area contributed by atoms with Crippen molar-refractivity contribution in [3.05, 3.63) is 41.5 Å². The summed E-state index contributed by atoms with van der Waals surface area (Å²) in [5.41, 5.74) is 6.99. The molecule has 0 bridgehead atoms. The van der Waals surface area contributed by atoms with Gasteiger partial charge in [-0.05, 0) is 32.3 Å². The molecule has 0 aromatic carbocycles. The Morgan fingerprint density at radius 2 is 1.91 bits per heavy atom. The van der Waals surface area contributed by atoms with E-state index >= 15 is 0 Å². The number of nitrogens with one attached hydrogen (secondary N) is 1. The molecule has 8 heteroatoms. The van der Waals surface area contributed by atoms with Gasteiger partial charge in [0.25, 0.3) is 0 Å². The molecule has 1 aliphatic heterocycles. The number of morpholine rings is 1. The van der Waals surface area contributed by atoms with Gasteiger partial charge >= 0.3 is 6.01 Å². The van der Waals surface area contributed by atoms with E-state index in [9.17, 15) is 0 Å². The predicted molar refractivity (Wildman–Crippen MR) is 145 cm³/mol. The number of ether oxygens (including phenoxy) is 2. The van der Waals surface area contributed by atoms with Crippen LogP contribution in [0.3, 0.4) is 0 Å². The minimum atomic E-state index is 0.395. The first kappa shape index (κ1) is 26.9. The number of allylic oxidation sites excluding steroid dienone is 6. The Morgan fingerprint density at radius 1 is 1.14 bits per heavy atom. The van der Waals surface area contributed by atoms with E-state index < -0.39 is 0 Å². The zero-order chi connectivity index (χ0) is 24.9. The third-order valence-corrected chi connectivity index (χ3v) is 6.09. The summed E-state index contributed by atoms with van der Waals surface area (Å²) >= 11 is 0. The fourth-order valence-corrected chi connectivity index (χ4v) is 4.22. The quantitative estimate of drug-likeness (QED) is 0.319. The summed E-state index contributed by atoms with van der Waals surface area (Å²) in [6.07, 6.45) is 12.2. The largest absolute Gasteiger partial charge is 0.462 e. The average molecular weight is 483 g/mol. The molecule has 2 heterocycles. The predicted octanol–water partition coefficient (Wildman–Crippen LogP) is 4.82. The second kappa shape index (κ2) is 14.6. The minimum absolute atomic E-state index is 0.395. The molecular weight excluding hydrogens is 440 g/mol. The van der Waals surface area contributed by atoms with E-state index in [0.29, 0.717) is 18.4 Å². The van der Waals surface area contributed by atoms with Crippen LogP contribution in [-0.4, -0.2) is 73.1 Å². The highest BCUT2D eigenvalue weighted by atomic mass is 16.5. The third kappa shape index (κ3) is 8.78. The molecule has 1 aliphatic carbocycles. The summed E-state index contributed by atoms with van der Waals surface area (Å²) < 4.78 is 11.4. The van der Waals surface area contributed by atoms with E-state index in [1.165, 1.54) is 11.1 Å². The second-order valence-corrected chi connectivity index (χ2v) is 9.02. The van der Waals surface area contributed by atoms with E-state index in [2.05, 4.69) is 59.2 Å². The van der Waals surface area contributed by atoms with E-state index in [1.807, 2.05) is 19.1 Å². The molecule has 2 aliphatic rings. The lowest BCUT2D eigenvalue weighted by Gasteiger charge is -2.26. The van der Waals surface area contributed by atoms with Gasteiger partial charge in [-0.3, -0.25) is 10.3 Å². The molecule has 1 N–H and O–H groups in total. The summed E-state index contributed by atoms with van der Waals surface area (Å²) in [7, 11) is 0. The Morgan fingerprint density at radius 3 is 2.63 bits per heavy atom. The van der Waals surface area contributed by atoms with Crippen molar-refractivity contribution < 1.29 is 9.47 Å². The van der Waals surface area contributed by atoms with Crippen LogP contribution in [0.4, 0.5) is 11.6 Å². The third-order valence-electron chi connectivity index (χ3n) is 6.09. The van der Waals surface area contributed by atoms with E-state index in [0.717, 1.165) is 83.2 Å². The molecule has 0 saturated carbocycles. The van der Waals surface area contributed by atoms with Gasteiger partial charge in [0.1, 0.15) is 12.4 Å². The van der Waals surface area contributed by atoms with Gasteiger partial charge < -0.3 is 14.4 Å². The lowest BCUT2D eigenvalue weighted by Crippen LogP contribution is -2.38. The Balaban J connectivity index is 1.70. The number of aromatic nitrogens is 2. The summed E-state index contributed by atoms with van der Waals surface area (Å²) in [4.78, 5) is 14.0. The van der Waals surface area contributed by atoms with Crippen LogP contribution < -0.4 is 15.1 Å². The maximum Gasteiger partial charge on any atom is 0.320 e. The van der Waals surface area contributed by atoms with Crippen molar-refractivity contribution in [3.8, 4) is 6.01 Å². The number of hydrogen-bond acceptors (Lipinski definition) is 8. The first-order valence-corrected chi connectivity index (χ1v) is 13.0. The lowest BCUT2D eigenvalue weighted by atomic mass is 10.1. The number of anilines is 2. The van der Waals surface area contributed by atoms with Crippen molar-refractivity contribution in [1.82, 2.24) is 14.9 Å². The van der Waals surface area contributed by atoms with Crippen LogP contribution in [-0.2, 0) is 4.74 Å². The van der Waals surface area contributed by atoms with Gasteiger partial charge in [0, 0.05) is 57.3 Å². The van der Waals surface area contributed by atoms with Crippen LogP contribution in [0.25, 0.3) is 0 Å². The van der Waals surface area contributed by atoms with Crippen molar-refractivity contribution >= 4 is 17.3 Å². The smallest absolute Gasteiger partial charge is 0.320 e. The zero-order valence-corrected chi connectivity index (χ0v) is 21.9. The molecule has 35 heavy (non-hydrogen) atoms. The standard InChI is InChI=1S/C27H42N6O2/c1-5-8-9-10-23-20-24(19-22(23)4)30-31-25-21-26(33(11-6-2)12-7-3)29-27(28-25)35-18-15-32-13-16-34-17-14-32/h5,8-10,21H,6-7,11-20H2,1-4H3,(H,28,29,31)/b8-5-,10-9-,30-24+. The molecule has 0 unspecified atom stereocenters. The Kier molecular flexibility index (Phi) is 11.2. The molecular formula is C27H42N6O2. The highest BCUT2D eigenvalue weighted by molar-refractivity contribution is 5.93. The maximum atomic E-state index is 6.01. The molecule has 1 fully saturated rings. The summed E-state index contributed by atoms with van der Waals surface area (Å²) in [5.74, 6) is 1.54. The van der Waals surface area contributed by atoms with Crippen LogP contribution >= 0.6 is 0 Å². The van der Waals surface area contributed by atoms with Crippen molar-refractivity contribution in [3.63, 3.8) is 0 Å². The summed E-state index contributed by atoms with van der Waals surface area (Å²) in [6.45, 7) is 15.3. The fraction of sp³-hybridized carbons (Fsp3) is 0.593. The van der Waals surface area contributed by atoms with Crippen LogP contribution in [0.5, 0.6) is 6.01 Å². The molecule has 0 atom stereocenters. The fourth-order valence-electron chi connectivity index (χ4n) is 4.22. The molecule has 8 nitrogen and oxygen atoms in total. The minimum Gasteiger partial charge on any atom is -0.462 e. The van der Waals surface area contributed by atoms with Crippen LogP contribution in [0, 0.1) is 0 Å². The highest BCUT2D eigenvalue weighted by Gasteiger charge is 2.17. The van der Waals surface area contributed by atoms with Gasteiger partial charge in [0.15, 0.2) is 5.82 Å². The van der Waals surface area contributed by atoms with Gasteiger partial charge in [0.05, 0.1) is 13.2 Å².